The van der Waals surface area contributed by atoms with Crippen LogP contribution in [0.2, 0.25) is 5.02 Å². The Morgan fingerprint density at radius 2 is 2.22 bits per heavy atom. The van der Waals surface area contributed by atoms with Crippen molar-refractivity contribution >= 4 is 29.1 Å². The molecule has 0 amide bonds. The Hall–Kier alpha value is -1.19. The summed E-state index contributed by atoms with van der Waals surface area (Å²) in [4.78, 5) is 12.0. The summed E-state index contributed by atoms with van der Waals surface area (Å²) in [5.74, 6) is 2.04. The maximum absolute atomic E-state index is 12.0. The second kappa shape index (κ2) is 6.12. The summed E-state index contributed by atoms with van der Waals surface area (Å²) in [6.07, 6.45) is 1.63. The fourth-order valence-corrected chi connectivity index (χ4v) is 2.60. The first kappa shape index (κ1) is 13.2. The maximum atomic E-state index is 12.0. The highest BCUT2D eigenvalue weighted by Gasteiger charge is 2.11. The molecule has 0 unspecified atom stereocenters. The predicted molar refractivity (Wildman–Crippen MR) is 75.4 cm³/mol. The first-order valence-electron chi connectivity index (χ1n) is 5.56. The van der Waals surface area contributed by atoms with Gasteiger partial charge in [-0.1, -0.05) is 23.2 Å². The van der Waals surface area contributed by atoms with Crippen LogP contribution in [0, 0.1) is 6.92 Å². The molecule has 1 aromatic carbocycles. The van der Waals surface area contributed by atoms with E-state index in [1.54, 1.807) is 12.3 Å². The molecule has 0 N–H and O–H groups in total. The van der Waals surface area contributed by atoms with Crippen LogP contribution >= 0.6 is 23.4 Å². The Balaban J connectivity index is 1.93. The number of halogens is 1. The van der Waals surface area contributed by atoms with Gasteiger partial charge in [0.1, 0.15) is 5.76 Å². The number of furan rings is 1. The summed E-state index contributed by atoms with van der Waals surface area (Å²) in [6.45, 7) is 1.95. The van der Waals surface area contributed by atoms with E-state index in [-0.39, 0.29) is 5.78 Å². The van der Waals surface area contributed by atoms with Crippen molar-refractivity contribution in [3.8, 4) is 0 Å². The van der Waals surface area contributed by atoms with E-state index in [9.17, 15) is 4.79 Å². The minimum absolute atomic E-state index is 0.0558. The van der Waals surface area contributed by atoms with E-state index < -0.39 is 0 Å². The molecule has 2 aromatic rings. The number of ketones is 1. The van der Waals surface area contributed by atoms with E-state index in [4.69, 9.17) is 16.0 Å². The van der Waals surface area contributed by atoms with Gasteiger partial charge in [0.2, 0.25) is 0 Å². The van der Waals surface area contributed by atoms with Crippen molar-refractivity contribution < 1.29 is 9.21 Å². The zero-order valence-corrected chi connectivity index (χ0v) is 11.6. The molecule has 0 bridgehead atoms. The van der Waals surface area contributed by atoms with Gasteiger partial charge in [-0.05, 0) is 31.2 Å². The van der Waals surface area contributed by atoms with Gasteiger partial charge in [-0.25, -0.2) is 0 Å². The van der Waals surface area contributed by atoms with Gasteiger partial charge in [0, 0.05) is 5.56 Å². The molecule has 18 heavy (non-hydrogen) atoms. The summed E-state index contributed by atoms with van der Waals surface area (Å²) in [5.41, 5.74) is 1.64. The topological polar surface area (TPSA) is 30.2 Å². The minimum atomic E-state index is 0.0558. The van der Waals surface area contributed by atoms with Gasteiger partial charge in [-0.3, -0.25) is 4.79 Å². The van der Waals surface area contributed by atoms with E-state index in [0.29, 0.717) is 22.1 Å². The highest BCUT2D eigenvalue weighted by atomic mass is 35.5. The van der Waals surface area contributed by atoms with Crippen LogP contribution in [0.15, 0.2) is 41.0 Å². The molecular formula is C14H13ClO2S. The quantitative estimate of drug-likeness (QED) is 0.763. The largest absolute Gasteiger partial charge is 0.468 e. The van der Waals surface area contributed by atoms with E-state index in [0.717, 1.165) is 11.3 Å². The predicted octanol–water partition coefficient (Wildman–Crippen LogP) is 4.36. The molecule has 1 heterocycles. The number of hydrogen-bond donors (Lipinski definition) is 0. The molecule has 0 saturated carbocycles. The SMILES string of the molecule is Cc1ccc(Cl)c(C(=O)CSCc2ccco2)c1. The lowest BCUT2D eigenvalue weighted by molar-refractivity contribution is 0.102. The van der Waals surface area contributed by atoms with Crippen LogP contribution in [0.3, 0.4) is 0 Å². The molecule has 1 aromatic heterocycles. The van der Waals surface area contributed by atoms with Crippen molar-refractivity contribution in [2.45, 2.75) is 12.7 Å². The van der Waals surface area contributed by atoms with E-state index >= 15 is 0 Å². The van der Waals surface area contributed by atoms with Gasteiger partial charge in [-0.2, -0.15) is 0 Å². The van der Waals surface area contributed by atoms with Crippen molar-refractivity contribution in [2.24, 2.45) is 0 Å². The molecule has 0 radical (unpaired) electrons. The Bertz CT molecular complexity index is 535. The van der Waals surface area contributed by atoms with Crippen molar-refractivity contribution in [2.75, 3.05) is 5.75 Å². The fourth-order valence-electron chi connectivity index (χ4n) is 1.57. The molecule has 0 atom stereocenters. The lowest BCUT2D eigenvalue weighted by atomic mass is 10.1. The van der Waals surface area contributed by atoms with Crippen LogP contribution in [-0.4, -0.2) is 11.5 Å². The molecule has 0 aliphatic heterocycles. The number of aryl methyl sites for hydroxylation is 1. The first-order chi connectivity index (χ1) is 8.66. The lowest BCUT2D eigenvalue weighted by Crippen LogP contribution is -2.04. The number of thioether (sulfide) groups is 1. The standard InChI is InChI=1S/C14H13ClO2S/c1-10-4-5-13(15)12(7-10)14(16)9-18-8-11-3-2-6-17-11/h2-7H,8-9H2,1H3. The van der Waals surface area contributed by atoms with Crippen molar-refractivity contribution in [3.63, 3.8) is 0 Å². The zero-order chi connectivity index (χ0) is 13.0. The smallest absolute Gasteiger partial charge is 0.174 e. The average Bonchev–Trinajstić information content (AvgIpc) is 2.85. The second-order valence-electron chi connectivity index (χ2n) is 3.98. The third-order valence-corrected chi connectivity index (χ3v) is 3.76. The maximum Gasteiger partial charge on any atom is 0.174 e. The zero-order valence-electron chi connectivity index (χ0n) is 9.98. The third-order valence-electron chi connectivity index (χ3n) is 2.48. The molecule has 4 heteroatoms. The summed E-state index contributed by atoms with van der Waals surface area (Å²) < 4.78 is 5.21. The van der Waals surface area contributed by atoms with E-state index in [2.05, 4.69) is 0 Å². The highest BCUT2D eigenvalue weighted by Crippen LogP contribution is 2.21. The Kier molecular flexibility index (Phi) is 4.50. The van der Waals surface area contributed by atoms with Crippen LogP contribution in [0.25, 0.3) is 0 Å². The molecule has 0 saturated heterocycles. The summed E-state index contributed by atoms with van der Waals surface area (Å²) in [7, 11) is 0. The van der Waals surface area contributed by atoms with Gasteiger partial charge in [-0.15, -0.1) is 11.8 Å². The van der Waals surface area contributed by atoms with Gasteiger partial charge >= 0.3 is 0 Å². The fraction of sp³-hybridized carbons (Fsp3) is 0.214. The molecule has 0 aliphatic rings. The molecule has 94 valence electrons. The van der Waals surface area contributed by atoms with Crippen LogP contribution in [0.4, 0.5) is 0 Å². The van der Waals surface area contributed by atoms with E-state index in [1.165, 1.54) is 11.8 Å². The first-order valence-corrected chi connectivity index (χ1v) is 7.09. The number of carbonyl (C=O) groups is 1. The second-order valence-corrected chi connectivity index (χ2v) is 5.37. The van der Waals surface area contributed by atoms with E-state index in [1.807, 2.05) is 31.2 Å². The molecular weight excluding hydrogens is 268 g/mol. The number of benzene rings is 1. The van der Waals surface area contributed by atoms with Gasteiger partial charge in [0.25, 0.3) is 0 Å². The summed E-state index contributed by atoms with van der Waals surface area (Å²) in [6, 6.07) is 9.24. The lowest BCUT2D eigenvalue weighted by Gasteiger charge is -2.04. The minimum Gasteiger partial charge on any atom is -0.468 e. The molecule has 0 spiro atoms. The van der Waals surface area contributed by atoms with Gasteiger partial charge < -0.3 is 4.42 Å². The molecule has 0 aliphatic carbocycles. The van der Waals surface area contributed by atoms with Crippen LogP contribution in [0.1, 0.15) is 21.7 Å². The Labute approximate surface area is 115 Å². The number of rotatable bonds is 5. The summed E-state index contributed by atoms with van der Waals surface area (Å²) in [5, 5.41) is 0.518. The van der Waals surface area contributed by atoms with Crippen molar-refractivity contribution in [3.05, 3.63) is 58.5 Å². The molecule has 2 rings (SSSR count). The number of carbonyl (C=O) groups excluding carboxylic acids is 1. The van der Waals surface area contributed by atoms with Crippen LogP contribution < -0.4 is 0 Å². The highest BCUT2D eigenvalue weighted by molar-refractivity contribution is 7.99. The van der Waals surface area contributed by atoms with Crippen LogP contribution in [0.5, 0.6) is 0 Å². The summed E-state index contributed by atoms with van der Waals surface area (Å²) >= 11 is 7.55. The normalized spacial score (nSPS) is 10.6. The number of Topliss-reactive ketones (excluding diaryl/α,β-unsaturated/α-hetero) is 1. The number of hydrogen-bond acceptors (Lipinski definition) is 3. The van der Waals surface area contributed by atoms with Gasteiger partial charge in [0.15, 0.2) is 5.78 Å². The Morgan fingerprint density at radius 3 is 2.94 bits per heavy atom. The Morgan fingerprint density at radius 1 is 1.39 bits per heavy atom. The third kappa shape index (κ3) is 3.40. The average molecular weight is 281 g/mol. The van der Waals surface area contributed by atoms with Gasteiger partial charge in [0.05, 0.1) is 22.8 Å². The van der Waals surface area contributed by atoms with Crippen molar-refractivity contribution in [1.29, 1.82) is 0 Å². The van der Waals surface area contributed by atoms with Crippen LogP contribution in [-0.2, 0) is 5.75 Å². The molecule has 2 nitrogen and oxygen atoms in total. The monoisotopic (exact) mass is 280 g/mol. The van der Waals surface area contributed by atoms with Crippen molar-refractivity contribution in [1.82, 2.24) is 0 Å². The molecule has 0 fully saturated rings.